The average molecular weight is 276 g/mol. The summed E-state index contributed by atoms with van der Waals surface area (Å²) in [4.78, 5) is 0. The molecular formula is C11H15BrFNO. The van der Waals surface area contributed by atoms with Gasteiger partial charge in [-0.1, -0.05) is 6.07 Å². The summed E-state index contributed by atoms with van der Waals surface area (Å²) in [7, 11) is 1.67. The first-order valence-electron chi connectivity index (χ1n) is 4.79. The van der Waals surface area contributed by atoms with Gasteiger partial charge < -0.3 is 10.1 Å². The summed E-state index contributed by atoms with van der Waals surface area (Å²) in [5.74, 6) is -0.233. The molecule has 84 valence electrons. The summed E-state index contributed by atoms with van der Waals surface area (Å²) < 4.78 is 18.4. The van der Waals surface area contributed by atoms with Gasteiger partial charge in [-0.2, -0.15) is 0 Å². The van der Waals surface area contributed by atoms with Crippen LogP contribution in [0.5, 0.6) is 0 Å². The Morgan fingerprint density at radius 3 is 2.87 bits per heavy atom. The Bertz CT molecular complexity index is 319. The molecule has 0 radical (unpaired) electrons. The standard InChI is InChI=1S/C11H15BrFNO/c1-8(7-15-2)14-6-9-3-4-11(13)10(12)5-9/h3-5,8,14H,6-7H2,1-2H3/t8-/m0/s1. The van der Waals surface area contributed by atoms with Crippen molar-refractivity contribution in [2.45, 2.75) is 19.5 Å². The summed E-state index contributed by atoms with van der Waals surface area (Å²) in [5, 5.41) is 3.28. The van der Waals surface area contributed by atoms with E-state index in [1.807, 2.05) is 6.92 Å². The van der Waals surface area contributed by atoms with E-state index in [2.05, 4.69) is 21.2 Å². The lowest BCUT2D eigenvalue weighted by Crippen LogP contribution is -2.29. The summed E-state index contributed by atoms with van der Waals surface area (Å²) in [6.45, 7) is 3.42. The highest BCUT2D eigenvalue weighted by molar-refractivity contribution is 9.10. The summed E-state index contributed by atoms with van der Waals surface area (Å²) in [6.07, 6.45) is 0. The molecule has 1 aromatic rings. The minimum Gasteiger partial charge on any atom is -0.383 e. The monoisotopic (exact) mass is 275 g/mol. The van der Waals surface area contributed by atoms with E-state index in [1.165, 1.54) is 6.07 Å². The van der Waals surface area contributed by atoms with Gasteiger partial charge in [-0.05, 0) is 40.5 Å². The van der Waals surface area contributed by atoms with Crippen LogP contribution < -0.4 is 5.32 Å². The zero-order valence-corrected chi connectivity index (χ0v) is 10.5. The molecule has 4 heteroatoms. The van der Waals surface area contributed by atoms with Gasteiger partial charge in [-0.25, -0.2) is 4.39 Å². The highest BCUT2D eigenvalue weighted by atomic mass is 79.9. The second kappa shape index (κ2) is 6.20. The second-order valence-corrected chi connectivity index (χ2v) is 4.34. The normalized spacial score (nSPS) is 12.8. The number of methoxy groups -OCH3 is 1. The van der Waals surface area contributed by atoms with Crippen molar-refractivity contribution in [3.63, 3.8) is 0 Å². The molecule has 0 heterocycles. The molecule has 0 amide bonds. The lowest BCUT2D eigenvalue weighted by molar-refractivity contribution is 0.171. The van der Waals surface area contributed by atoms with Crippen molar-refractivity contribution in [1.29, 1.82) is 0 Å². The van der Waals surface area contributed by atoms with Crippen molar-refractivity contribution in [2.24, 2.45) is 0 Å². The minimum absolute atomic E-state index is 0.233. The van der Waals surface area contributed by atoms with Crippen molar-refractivity contribution >= 4 is 15.9 Å². The molecule has 15 heavy (non-hydrogen) atoms. The van der Waals surface area contributed by atoms with E-state index in [4.69, 9.17) is 4.74 Å². The van der Waals surface area contributed by atoms with Gasteiger partial charge in [0.15, 0.2) is 0 Å². The van der Waals surface area contributed by atoms with Crippen molar-refractivity contribution in [2.75, 3.05) is 13.7 Å². The van der Waals surface area contributed by atoms with E-state index in [1.54, 1.807) is 19.2 Å². The molecule has 0 saturated heterocycles. The smallest absolute Gasteiger partial charge is 0.137 e. The Kier molecular flexibility index (Phi) is 5.22. The molecule has 0 bridgehead atoms. The van der Waals surface area contributed by atoms with Gasteiger partial charge in [0.05, 0.1) is 11.1 Å². The van der Waals surface area contributed by atoms with Gasteiger partial charge in [-0.15, -0.1) is 0 Å². The molecule has 1 aromatic carbocycles. The lowest BCUT2D eigenvalue weighted by Gasteiger charge is -2.12. The quantitative estimate of drug-likeness (QED) is 0.892. The molecule has 1 rings (SSSR count). The Morgan fingerprint density at radius 2 is 2.27 bits per heavy atom. The SMILES string of the molecule is COC[C@H](C)NCc1ccc(F)c(Br)c1. The predicted molar refractivity (Wildman–Crippen MR) is 62.3 cm³/mol. The molecule has 0 spiro atoms. The van der Waals surface area contributed by atoms with E-state index in [-0.39, 0.29) is 5.82 Å². The average Bonchev–Trinajstić information content (AvgIpc) is 2.20. The molecule has 0 aliphatic heterocycles. The van der Waals surface area contributed by atoms with Crippen LogP contribution in [0.3, 0.4) is 0 Å². The number of hydrogen-bond donors (Lipinski definition) is 1. The van der Waals surface area contributed by atoms with E-state index < -0.39 is 0 Å². The first-order valence-corrected chi connectivity index (χ1v) is 5.59. The maximum Gasteiger partial charge on any atom is 0.137 e. The summed E-state index contributed by atoms with van der Waals surface area (Å²) in [5.41, 5.74) is 1.05. The van der Waals surface area contributed by atoms with E-state index in [0.29, 0.717) is 23.7 Å². The zero-order valence-electron chi connectivity index (χ0n) is 8.89. The maximum atomic E-state index is 12.9. The summed E-state index contributed by atoms with van der Waals surface area (Å²) in [6, 6.07) is 5.30. The Hall–Kier alpha value is -0.450. The van der Waals surface area contributed by atoms with Gasteiger partial charge in [0.1, 0.15) is 5.82 Å². The molecule has 0 saturated carbocycles. The van der Waals surface area contributed by atoms with Crippen LogP contribution in [0.1, 0.15) is 12.5 Å². The number of halogens is 2. The van der Waals surface area contributed by atoms with Crippen LogP contribution in [0.15, 0.2) is 22.7 Å². The first-order chi connectivity index (χ1) is 7.13. The topological polar surface area (TPSA) is 21.3 Å². The minimum atomic E-state index is -0.233. The van der Waals surface area contributed by atoms with Gasteiger partial charge in [0.25, 0.3) is 0 Å². The van der Waals surface area contributed by atoms with Crippen molar-refractivity contribution in [3.8, 4) is 0 Å². The third-order valence-electron chi connectivity index (χ3n) is 2.06. The fourth-order valence-corrected chi connectivity index (χ4v) is 1.68. The number of ether oxygens (including phenoxy) is 1. The number of benzene rings is 1. The molecule has 1 atom stereocenters. The van der Waals surface area contributed by atoms with E-state index in [9.17, 15) is 4.39 Å². The Labute approximate surface area is 98.0 Å². The zero-order chi connectivity index (χ0) is 11.3. The predicted octanol–water partition coefficient (Wildman–Crippen LogP) is 2.71. The van der Waals surface area contributed by atoms with Crippen LogP contribution in [0.2, 0.25) is 0 Å². The maximum absolute atomic E-state index is 12.9. The number of rotatable bonds is 5. The van der Waals surface area contributed by atoms with Crippen molar-refractivity contribution < 1.29 is 9.13 Å². The second-order valence-electron chi connectivity index (χ2n) is 3.49. The van der Waals surface area contributed by atoms with Crippen LogP contribution in [-0.4, -0.2) is 19.8 Å². The van der Waals surface area contributed by atoms with Crippen LogP contribution in [-0.2, 0) is 11.3 Å². The fraction of sp³-hybridized carbons (Fsp3) is 0.455. The van der Waals surface area contributed by atoms with E-state index >= 15 is 0 Å². The van der Waals surface area contributed by atoms with Gasteiger partial charge in [0, 0.05) is 19.7 Å². The molecule has 1 N–H and O–H groups in total. The Balaban J connectivity index is 2.47. The van der Waals surface area contributed by atoms with Crippen molar-refractivity contribution in [3.05, 3.63) is 34.1 Å². The van der Waals surface area contributed by atoms with Gasteiger partial charge in [-0.3, -0.25) is 0 Å². The van der Waals surface area contributed by atoms with Crippen molar-refractivity contribution in [1.82, 2.24) is 5.32 Å². The number of nitrogens with one attached hydrogen (secondary N) is 1. The first kappa shape index (κ1) is 12.6. The van der Waals surface area contributed by atoms with Crippen LogP contribution in [0.25, 0.3) is 0 Å². The molecule has 0 unspecified atom stereocenters. The molecule has 0 aliphatic carbocycles. The summed E-state index contributed by atoms with van der Waals surface area (Å²) >= 11 is 3.16. The van der Waals surface area contributed by atoms with E-state index in [0.717, 1.165) is 5.56 Å². The highest BCUT2D eigenvalue weighted by Gasteiger charge is 2.03. The van der Waals surface area contributed by atoms with Crippen LogP contribution in [0.4, 0.5) is 4.39 Å². The fourth-order valence-electron chi connectivity index (χ4n) is 1.25. The Morgan fingerprint density at radius 1 is 1.53 bits per heavy atom. The highest BCUT2D eigenvalue weighted by Crippen LogP contribution is 2.16. The van der Waals surface area contributed by atoms with Gasteiger partial charge >= 0.3 is 0 Å². The molecule has 0 fully saturated rings. The molecular weight excluding hydrogens is 261 g/mol. The third-order valence-corrected chi connectivity index (χ3v) is 2.66. The third kappa shape index (κ3) is 4.28. The number of hydrogen-bond acceptors (Lipinski definition) is 2. The largest absolute Gasteiger partial charge is 0.383 e. The van der Waals surface area contributed by atoms with Gasteiger partial charge in [0.2, 0.25) is 0 Å². The van der Waals surface area contributed by atoms with Crippen LogP contribution >= 0.6 is 15.9 Å². The molecule has 2 nitrogen and oxygen atoms in total. The molecule has 0 aliphatic rings. The molecule has 0 aromatic heterocycles. The van der Waals surface area contributed by atoms with Crippen LogP contribution in [0, 0.1) is 5.82 Å². The lowest BCUT2D eigenvalue weighted by atomic mass is 10.2.